The van der Waals surface area contributed by atoms with E-state index < -0.39 is 0 Å². The Morgan fingerprint density at radius 2 is 2.00 bits per heavy atom. The van der Waals surface area contributed by atoms with Crippen LogP contribution in [0.1, 0.15) is 11.6 Å². The van der Waals surface area contributed by atoms with Gasteiger partial charge >= 0.3 is 0 Å². The molecule has 1 N–H and O–H groups in total. The summed E-state index contributed by atoms with van der Waals surface area (Å²) in [5, 5.41) is 3.66. The molecule has 1 saturated heterocycles. The second-order valence-corrected chi connectivity index (χ2v) is 5.46. The molecule has 1 aromatic carbocycles. The largest absolute Gasteiger partial charge is 0.318 e. The zero-order valence-corrected chi connectivity index (χ0v) is 12.3. The predicted molar refractivity (Wildman–Crippen MR) is 77.1 cm³/mol. The summed E-state index contributed by atoms with van der Waals surface area (Å²) < 4.78 is 14.1. The number of nitrogens with one attached hydrogen (secondary N) is 1. The van der Waals surface area contributed by atoms with Gasteiger partial charge in [-0.25, -0.2) is 4.39 Å². The van der Waals surface area contributed by atoms with E-state index >= 15 is 0 Å². The minimum Gasteiger partial charge on any atom is -0.318 e. The lowest BCUT2D eigenvalue weighted by Gasteiger charge is -2.38. The number of benzene rings is 1. The van der Waals surface area contributed by atoms with E-state index in [9.17, 15) is 4.39 Å². The Kier molecular flexibility index (Phi) is 5.16. The number of nitrogens with zero attached hydrogens (tertiary/aromatic N) is 2. The molecule has 106 valence electrons. The van der Waals surface area contributed by atoms with E-state index in [2.05, 4.69) is 22.2 Å². The van der Waals surface area contributed by atoms with Crippen molar-refractivity contribution in [1.29, 1.82) is 0 Å². The molecular weight excluding hydrogens is 265 g/mol. The second kappa shape index (κ2) is 6.66. The van der Waals surface area contributed by atoms with Crippen LogP contribution in [-0.4, -0.2) is 56.6 Å². The van der Waals surface area contributed by atoms with Crippen LogP contribution in [0.5, 0.6) is 0 Å². The Hall–Kier alpha value is -0.680. The molecule has 1 fully saturated rings. The number of halogens is 2. The van der Waals surface area contributed by atoms with Crippen LogP contribution >= 0.6 is 11.6 Å². The van der Waals surface area contributed by atoms with Gasteiger partial charge in [-0.1, -0.05) is 17.7 Å². The molecule has 0 aliphatic carbocycles. The van der Waals surface area contributed by atoms with Crippen LogP contribution in [0.2, 0.25) is 5.02 Å². The molecule has 1 aliphatic rings. The molecule has 3 nitrogen and oxygen atoms in total. The fourth-order valence-electron chi connectivity index (χ4n) is 2.57. The Bertz CT molecular complexity index is 399. The highest BCUT2D eigenvalue weighted by Gasteiger charge is 2.27. The molecule has 1 unspecified atom stereocenters. The van der Waals surface area contributed by atoms with Gasteiger partial charge in [-0.15, -0.1) is 0 Å². The van der Waals surface area contributed by atoms with Crippen molar-refractivity contribution in [3.63, 3.8) is 0 Å². The molecule has 1 aromatic rings. The molecular formula is C14H21ClFN3. The summed E-state index contributed by atoms with van der Waals surface area (Å²) in [6.07, 6.45) is 0. The van der Waals surface area contributed by atoms with Crippen LogP contribution in [0.25, 0.3) is 0 Å². The first-order valence-electron chi connectivity index (χ1n) is 6.64. The van der Waals surface area contributed by atoms with Crippen molar-refractivity contribution in [3.05, 3.63) is 34.6 Å². The highest BCUT2D eigenvalue weighted by atomic mass is 35.5. The molecule has 5 heteroatoms. The van der Waals surface area contributed by atoms with E-state index in [0.717, 1.165) is 26.2 Å². The van der Waals surface area contributed by atoms with Gasteiger partial charge in [-0.2, -0.15) is 0 Å². The topological polar surface area (TPSA) is 18.5 Å². The summed E-state index contributed by atoms with van der Waals surface area (Å²) in [4.78, 5) is 4.59. The molecule has 0 spiro atoms. The fraction of sp³-hybridized carbons (Fsp3) is 0.571. The van der Waals surface area contributed by atoms with Crippen LogP contribution in [0.3, 0.4) is 0 Å². The van der Waals surface area contributed by atoms with Crippen molar-refractivity contribution in [2.75, 3.05) is 46.8 Å². The summed E-state index contributed by atoms with van der Waals surface area (Å²) in [5.41, 5.74) is 0.614. The zero-order chi connectivity index (χ0) is 13.8. The van der Waals surface area contributed by atoms with E-state index in [0.29, 0.717) is 17.1 Å². The molecule has 1 heterocycles. The molecule has 0 amide bonds. The average Bonchev–Trinajstić information content (AvgIpc) is 2.38. The first-order chi connectivity index (χ1) is 9.13. The quantitative estimate of drug-likeness (QED) is 0.913. The molecule has 0 aromatic heterocycles. The lowest BCUT2D eigenvalue weighted by Crippen LogP contribution is -2.48. The number of likely N-dealkylation sites (N-methyl/N-ethyl adjacent to an activating group) is 2. The van der Waals surface area contributed by atoms with Gasteiger partial charge in [0.15, 0.2) is 0 Å². The second-order valence-electron chi connectivity index (χ2n) is 5.05. The van der Waals surface area contributed by atoms with E-state index in [4.69, 9.17) is 11.6 Å². The number of hydrogen-bond donors (Lipinski definition) is 1. The van der Waals surface area contributed by atoms with Crippen LogP contribution in [-0.2, 0) is 0 Å². The minimum atomic E-state index is -0.216. The number of piperazine rings is 1. The van der Waals surface area contributed by atoms with E-state index in [-0.39, 0.29) is 11.9 Å². The van der Waals surface area contributed by atoms with Crippen molar-refractivity contribution in [1.82, 2.24) is 15.1 Å². The number of hydrogen-bond acceptors (Lipinski definition) is 3. The molecule has 0 radical (unpaired) electrons. The minimum absolute atomic E-state index is 0.00704. The maximum atomic E-state index is 14.1. The van der Waals surface area contributed by atoms with Crippen LogP contribution in [0.4, 0.5) is 4.39 Å². The monoisotopic (exact) mass is 285 g/mol. The summed E-state index contributed by atoms with van der Waals surface area (Å²) in [5.74, 6) is -0.216. The third-order valence-electron chi connectivity index (χ3n) is 3.71. The maximum absolute atomic E-state index is 14.1. The van der Waals surface area contributed by atoms with Crippen molar-refractivity contribution in [3.8, 4) is 0 Å². The fourth-order valence-corrected chi connectivity index (χ4v) is 2.86. The summed E-state index contributed by atoms with van der Waals surface area (Å²) >= 11 is 6.20. The third-order valence-corrected chi connectivity index (χ3v) is 4.04. The standard InChI is InChI=1S/C14H21ClFN3/c1-17-10-13(19-8-6-18(2)7-9-19)14-11(15)4-3-5-12(14)16/h3-5,13,17H,6-10H2,1-2H3. The van der Waals surface area contributed by atoms with Crippen molar-refractivity contribution in [2.24, 2.45) is 0 Å². The van der Waals surface area contributed by atoms with Crippen LogP contribution < -0.4 is 5.32 Å². The van der Waals surface area contributed by atoms with Gasteiger partial charge < -0.3 is 10.2 Å². The first kappa shape index (κ1) is 14.7. The normalized spacial score (nSPS) is 19.6. The number of rotatable bonds is 4. The molecule has 1 aliphatic heterocycles. The van der Waals surface area contributed by atoms with Gasteiger partial charge in [0.25, 0.3) is 0 Å². The summed E-state index contributed by atoms with van der Waals surface area (Å²) in [7, 11) is 4.00. The van der Waals surface area contributed by atoms with Gasteiger partial charge in [0.1, 0.15) is 5.82 Å². The highest BCUT2D eigenvalue weighted by molar-refractivity contribution is 6.31. The predicted octanol–water partition coefficient (Wildman–Crippen LogP) is 1.99. The van der Waals surface area contributed by atoms with Gasteiger partial charge in [0.2, 0.25) is 0 Å². The molecule has 2 rings (SSSR count). The van der Waals surface area contributed by atoms with Crippen molar-refractivity contribution >= 4 is 11.6 Å². The smallest absolute Gasteiger partial charge is 0.129 e. The SMILES string of the molecule is CNCC(c1c(F)cccc1Cl)N1CCN(C)CC1. The Morgan fingerprint density at radius 1 is 1.32 bits per heavy atom. The highest BCUT2D eigenvalue weighted by Crippen LogP contribution is 2.30. The first-order valence-corrected chi connectivity index (χ1v) is 7.02. The summed E-state index contributed by atoms with van der Waals surface area (Å²) in [6, 6.07) is 4.90. The zero-order valence-electron chi connectivity index (χ0n) is 11.5. The lowest BCUT2D eigenvalue weighted by molar-refractivity contribution is 0.109. The Morgan fingerprint density at radius 3 is 2.58 bits per heavy atom. The average molecular weight is 286 g/mol. The Labute approximate surface area is 119 Å². The van der Waals surface area contributed by atoms with Gasteiger partial charge in [0, 0.05) is 43.3 Å². The summed E-state index contributed by atoms with van der Waals surface area (Å²) in [6.45, 7) is 4.59. The van der Waals surface area contributed by atoms with Gasteiger partial charge in [-0.3, -0.25) is 4.90 Å². The maximum Gasteiger partial charge on any atom is 0.129 e. The lowest BCUT2D eigenvalue weighted by atomic mass is 10.0. The van der Waals surface area contributed by atoms with Gasteiger partial charge in [0.05, 0.1) is 6.04 Å². The molecule has 0 bridgehead atoms. The Balaban J connectivity index is 2.24. The van der Waals surface area contributed by atoms with Crippen molar-refractivity contribution < 1.29 is 4.39 Å². The molecule has 0 saturated carbocycles. The van der Waals surface area contributed by atoms with Crippen LogP contribution in [0, 0.1) is 5.82 Å². The van der Waals surface area contributed by atoms with Crippen LogP contribution in [0.15, 0.2) is 18.2 Å². The van der Waals surface area contributed by atoms with Gasteiger partial charge in [-0.05, 0) is 26.2 Å². The molecule has 19 heavy (non-hydrogen) atoms. The van der Waals surface area contributed by atoms with Crippen molar-refractivity contribution in [2.45, 2.75) is 6.04 Å². The molecule has 1 atom stereocenters. The van der Waals surface area contributed by atoms with E-state index in [1.54, 1.807) is 12.1 Å². The van der Waals surface area contributed by atoms with E-state index in [1.165, 1.54) is 6.07 Å². The van der Waals surface area contributed by atoms with E-state index in [1.807, 2.05) is 7.05 Å². The third kappa shape index (κ3) is 3.45.